The third kappa shape index (κ3) is 3.73. The first kappa shape index (κ1) is 13.9. The van der Waals surface area contributed by atoms with Crippen molar-refractivity contribution in [2.75, 3.05) is 6.54 Å². The molecule has 1 aromatic rings. The Morgan fingerprint density at radius 1 is 1.26 bits per heavy atom. The van der Waals surface area contributed by atoms with Gasteiger partial charge in [-0.05, 0) is 43.0 Å². The largest absolute Gasteiger partial charge is 0.481 e. The van der Waals surface area contributed by atoms with Crippen molar-refractivity contribution >= 4 is 5.97 Å². The number of rotatable bonds is 5. The second kappa shape index (κ2) is 6.10. The Hall–Kier alpha value is -1.49. The molecule has 5 heteroatoms. The first-order valence-electron chi connectivity index (χ1n) is 6.45. The molecule has 0 spiro atoms. The Labute approximate surface area is 110 Å². The fourth-order valence-corrected chi connectivity index (χ4v) is 2.72. The van der Waals surface area contributed by atoms with E-state index in [2.05, 4.69) is 5.32 Å². The molecule has 19 heavy (non-hydrogen) atoms. The highest BCUT2D eigenvalue weighted by atomic mass is 19.1. The number of nitrogens with one attached hydrogen (secondary N) is 1. The van der Waals surface area contributed by atoms with Crippen LogP contribution in [0.1, 0.15) is 24.8 Å². The maximum absolute atomic E-state index is 13.0. The summed E-state index contributed by atoms with van der Waals surface area (Å²) in [6, 6.07) is 3.39. The third-order valence-corrected chi connectivity index (χ3v) is 3.63. The Kier molecular flexibility index (Phi) is 4.47. The highest BCUT2D eigenvalue weighted by Gasteiger charge is 2.32. The van der Waals surface area contributed by atoms with Crippen LogP contribution in [-0.4, -0.2) is 17.6 Å². The van der Waals surface area contributed by atoms with E-state index < -0.39 is 17.6 Å². The monoisotopic (exact) mass is 269 g/mol. The van der Waals surface area contributed by atoms with E-state index in [4.69, 9.17) is 5.11 Å². The van der Waals surface area contributed by atoms with E-state index in [0.717, 1.165) is 25.3 Å². The van der Waals surface area contributed by atoms with Crippen LogP contribution in [0.5, 0.6) is 0 Å². The minimum atomic E-state index is -0.749. The second-order valence-electron chi connectivity index (χ2n) is 5.04. The summed E-state index contributed by atoms with van der Waals surface area (Å²) < 4.78 is 26.0. The van der Waals surface area contributed by atoms with Crippen LogP contribution < -0.4 is 5.32 Å². The predicted molar refractivity (Wildman–Crippen MR) is 66.5 cm³/mol. The quantitative estimate of drug-likeness (QED) is 0.863. The van der Waals surface area contributed by atoms with Crippen LogP contribution in [0.3, 0.4) is 0 Å². The third-order valence-electron chi connectivity index (χ3n) is 3.63. The summed E-state index contributed by atoms with van der Waals surface area (Å²) in [6.45, 7) is 0.909. The van der Waals surface area contributed by atoms with E-state index >= 15 is 0 Å². The summed E-state index contributed by atoms with van der Waals surface area (Å²) >= 11 is 0. The lowest BCUT2D eigenvalue weighted by Crippen LogP contribution is -2.28. The van der Waals surface area contributed by atoms with E-state index in [1.54, 1.807) is 0 Å². The van der Waals surface area contributed by atoms with E-state index in [0.29, 0.717) is 18.7 Å². The zero-order chi connectivity index (χ0) is 13.8. The van der Waals surface area contributed by atoms with Crippen LogP contribution >= 0.6 is 0 Å². The predicted octanol–water partition coefficient (Wildman–Crippen LogP) is 2.56. The van der Waals surface area contributed by atoms with Gasteiger partial charge in [0, 0.05) is 12.6 Å². The smallest absolute Gasteiger partial charge is 0.306 e. The van der Waals surface area contributed by atoms with E-state index in [1.165, 1.54) is 12.1 Å². The normalized spacial score (nSPS) is 22.6. The minimum absolute atomic E-state index is 0.107. The van der Waals surface area contributed by atoms with Crippen molar-refractivity contribution in [1.82, 2.24) is 5.32 Å². The van der Waals surface area contributed by atoms with Gasteiger partial charge in [-0.3, -0.25) is 4.79 Å². The molecule has 1 saturated carbocycles. The summed E-state index contributed by atoms with van der Waals surface area (Å²) in [5.74, 6) is -2.13. The molecule has 1 aliphatic rings. The van der Waals surface area contributed by atoms with Gasteiger partial charge in [-0.2, -0.15) is 0 Å². The van der Waals surface area contributed by atoms with E-state index in [1.807, 2.05) is 0 Å². The number of halogens is 2. The molecule has 3 nitrogen and oxygen atoms in total. The molecule has 0 aromatic heterocycles. The van der Waals surface area contributed by atoms with E-state index in [9.17, 15) is 13.6 Å². The highest BCUT2D eigenvalue weighted by Crippen LogP contribution is 2.31. The fourth-order valence-electron chi connectivity index (χ4n) is 2.72. The van der Waals surface area contributed by atoms with Crippen molar-refractivity contribution in [1.29, 1.82) is 0 Å². The molecule has 0 amide bonds. The SMILES string of the molecule is O=C(O)C1CCCC1CNCc1cc(F)cc(F)c1. The number of carboxylic acid groups (broad SMARTS) is 1. The maximum Gasteiger partial charge on any atom is 0.306 e. The molecule has 2 unspecified atom stereocenters. The zero-order valence-corrected chi connectivity index (χ0v) is 10.5. The first-order chi connectivity index (χ1) is 9.06. The second-order valence-corrected chi connectivity index (χ2v) is 5.04. The summed E-state index contributed by atoms with van der Waals surface area (Å²) in [6.07, 6.45) is 2.54. The highest BCUT2D eigenvalue weighted by molar-refractivity contribution is 5.70. The molecule has 1 aliphatic carbocycles. The molecule has 2 atom stereocenters. The lowest BCUT2D eigenvalue weighted by atomic mass is 9.96. The molecule has 1 aromatic carbocycles. The van der Waals surface area contributed by atoms with Crippen molar-refractivity contribution in [3.8, 4) is 0 Å². The van der Waals surface area contributed by atoms with Crippen molar-refractivity contribution < 1.29 is 18.7 Å². The Balaban J connectivity index is 1.84. The molecule has 0 saturated heterocycles. The van der Waals surface area contributed by atoms with Crippen LogP contribution in [-0.2, 0) is 11.3 Å². The summed E-state index contributed by atoms with van der Waals surface area (Å²) in [4.78, 5) is 11.0. The molecule has 2 N–H and O–H groups in total. The molecule has 1 fully saturated rings. The number of carbonyl (C=O) groups is 1. The van der Waals surface area contributed by atoms with Gasteiger partial charge in [0.2, 0.25) is 0 Å². The van der Waals surface area contributed by atoms with E-state index in [-0.39, 0.29) is 11.8 Å². The minimum Gasteiger partial charge on any atom is -0.481 e. The number of carboxylic acids is 1. The van der Waals surface area contributed by atoms with Crippen molar-refractivity contribution in [3.63, 3.8) is 0 Å². The standard InChI is InChI=1S/C14H17F2NO2/c15-11-4-9(5-12(16)6-11)7-17-8-10-2-1-3-13(10)14(18)19/h4-6,10,13,17H,1-3,7-8H2,(H,18,19). The van der Waals surface area contributed by atoms with Gasteiger partial charge in [0.05, 0.1) is 5.92 Å². The zero-order valence-electron chi connectivity index (χ0n) is 10.5. The van der Waals surface area contributed by atoms with Crippen molar-refractivity contribution in [2.24, 2.45) is 11.8 Å². The molecule has 0 aliphatic heterocycles. The molecule has 0 bridgehead atoms. The van der Waals surface area contributed by atoms with Gasteiger partial charge in [-0.25, -0.2) is 8.78 Å². The summed E-state index contributed by atoms with van der Waals surface area (Å²) in [5, 5.41) is 12.1. The molecule has 104 valence electrons. The average molecular weight is 269 g/mol. The van der Waals surface area contributed by atoms with Crippen LogP contribution in [0.4, 0.5) is 8.78 Å². The Morgan fingerprint density at radius 2 is 1.95 bits per heavy atom. The van der Waals surface area contributed by atoms with Crippen LogP contribution in [0.25, 0.3) is 0 Å². The number of hydrogen-bond acceptors (Lipinski definition) is 2. The van der Waals surface area contributed by atoms with Gasteiger partial charge in [-0.1, -0.05) is 6.42 Å². The van der Waals surface area contributed by atoms with Gasteiger partial charge in [0.1, 0.15) is 11.6 Å². The van der Waals surface area contributed by atoms with Crippen LogP contribution in [0.15, 0.2) is 18.2 Å². The van der Waals surface area contributed by atoms with Crippen LogP contribution in [0, 0.1) is 23.5 Å². The topological polar surface area (TPSA) is 49.3 Å². The van der Waals surface area contributed by atoms with Gasteiger partial charge < -0.3 is 10.4 Å². The first-order valence-corrected chi connectivity index (χ1v) is 6.45. The van der Waals surface area contributed by atoms with Gasteiger partial charge in [0.15, 0.2) is 0 Å². The molecular formula is C14H17F2NO2. The number of hydrogen-bond donors (Lipinski definition) is 2. The lowest BCUT2D eigenvalue weighted by Gasteiger charge is -2.16. The van der Waals surface area contributed by atoms with Crippen molar-refractivity contribution in [2.45, 2.75) is 25.8 Å². The molecular weight excluding hydrogens is 252 g/mol. The van der Waals surface area contributed by atoms with Gasteiger partial charge in [0.25, 0.3) is 0 Å². The summed E-state index contributed by atoms with van der Waals surface area (Å²) in [7, 11) is 0. The Bertz CT molecular complexity index is 445. The molecule has 0 radical (unpaired) electrons. The van der Waals surface area contributed by atoms with Gasteiger partial charge in [-0.15, -0.1) is 0 Å². The molecule has 2 rings (SSSR count). The average Bonchev–Trinajstić information content (AvgIpc) is 2.76. The molecule has 0 heterocycles. The maximum atomic E-state index is 13.0. The van der Waals surface area contributed by atoms with Crippen molar-refractivity contribution in [3.05, 3.63) is 35.4 Å². The van der Waals surface area contributed by atoms with Crippen LogP contribution in [0.2, 0.25) is 0 Å². The number of aliphatic carboxylic acids is 1. The summed E-state index contributed by atoms with van der Waals surface area (Å²) in [5.41, 5.74) is 0.530. The number of benzene rings is 1. The van der Waals surface area contributed by atoms with Gasteiger partial charge >= 0.3 is 5.97 Å². The fraction of sp³-hybridized carbons (Fsp3) is 0.500. The lowest BCUT2D eigenvalue weighted by molar-refractivity contribution is -0.142. The Morgan fingerprint density at radius 3 is 2.58 bits per heavy atom.